The highest BCUT2D eigenvalue weighted by atomic mass is 35.5. The third kappa shape index (κ3) is 7.61. The number of anilines is 1. The highest BCUT2D eigenvalue weighted by molar-refractivity contribution is 7.92. The van der Waals surface area contributed by atoms with Crippen LogP contribution in [-0.2, 0) is 26.2 Å². The molecule has 11 heteroatoms. The lowest BCUT2D eigenvalue weighted by atomic mass is 10.1. The van der Waals surface area contributed by atoms with Gasteiger partial charge in [-0.05, 0) is 55.2 Å². The van der Waals surface area contributed by atoms with Crippen LogP contribution in [0.3, 0.4) is 0 Å². The summed E-state index contributed by atoms with van der Waals surface area (Å²) in [6.07, 6.45) is 4.18. The average molecular weight is 628 g/mol. The lowest BCUT2D eigenvalue weighted by Gasteiger charge is -2.34. The maximum Gasteiger partial charge on any atom is 0.264 e. The largest absolute Gasteiger partial charge is 0.497 e. The summed E-state index contributed by atoms with van der Waals surface area (Å²) in [5, 5.41) is 3.55. The van der Waals surface area contributed by atoms with Crippen LogP contribution < -0.4 is 19.1 Å². The average Bonchev–Trinajstić information content (AvgIpc) is 3.53. The summed E-state index contributed by atoms with van der Waals surface area (Å²) < 4.78 is 40.2. The van der Waals surface area contributed by atoms with Crippen LogP contribution in [0.15, 0.2) is 77.7 Å². The SMILES string of the molecule is CCC(C(=O)NC1CCCC1)N(Cc1ccccc1Cl)C(=O)CN(c1cc(OC)ccc1OC)S(=O)(=O)c1ccccc1. The molecule has 9 nitrogen and oxygen atoms in total. The van der Waals surface area contributed by atoms with E-state index in [1.165, 1.54) is 37.3 Å². The Morgan fingerprint density at radius 1 is 0.977 bits per heavy atom. The van der Waals surface area contributed by atoms with Gasteiger partial charge in [-0.25, -0.2) is 8.42 Å². The molecule has 0 radical (unpaired) electrons. The molecule has 0 aromatic heterocycles. The van der Waals surface area contributed by atoms with Gasteiger partial charge in [-0.15, -0.1) is 0 Å². The second kappa shape index (κ2) is 14.6. The quantitative estimate of drug-likeness (QED) is 0.271. The maximum absolute atomic E-state index is 14.3. The lowest BCUT2D eigenvalue weighted by molar-refractivity contribution is -0.140. The van der Waals surface area contributed by atoms with Crippen LogP contribution in [0.5, 0.6) is 11.5 Å². The summed E-state index contributed by atoms with van der Waals surface area (Å²) in [5.74, 6) is -0.229. The van der Waals surface area contributed by atoms with Crippen LogP contribution in [0.2, 0.25) is 5.02 Å². The van der Waals surface area contributed by atoms with Gasteiger partial charge in [-0.2, -0.15) is 0 Å². The summed E-state index contributed by atoms with van der Waals surface area (Å²) in [6, 6.07) is 18.9. The van der Waals surface area contributed by atoms with Gasteiger partial charge in [0.1, 0.15) is 24.1 Å². The van der Waals surface area contributed by atoms with Gasteiger partial charge in [0, 0.05) is 23.7 Å². The first-order chi connectivity index (χ1) is 20.7. The van der Waals surface area contributed by atoms with Gasteiger partial charge in [0.25, 0.3) is 10.0 Å². The number of nitrogens with one attached hydrogen (secondary N) is 1. The molecule has 1 N–H and O–H groups in total. The number of carbonyl (C=O) groups excluding carboxylic acids is 2. The number of benzene rings is 3. The van der Waals surface area contributed by atoms with Crippen molar-refractivity contribution in [1.82, 2.24) is 10.2 Å². The third-order valence-corrected chi connectivity index (χ3v) is 9.79. The second-order valence-corrected chi connectivity index (χ2v) is 12.7. The third-order valence-electron chi connectivity index (χ3n) is 7.65. The van der Waals surface area contributed by atoms with Gasteiger partial charge in [0.2, 0.25) is 11.8 Å². The number of ether oxygens (including phenoxy) is 2. The van der Waals surface area contributed by atoms with Crippen LogP contribution in [0.4, 0.5) is 5.69 Å². The fraction of sp³-hybridized carbons (Fsp3) is 0.375. The van der Waals surface area contributed by atoms with Crippen molar-refractivity contribution in [1.29, 1.82) is 0 Å². The first-order valence-electron chi connectivity index (χ1n) is 14.3. The van der Waals surface area contributed by atoms with E-state index in [2.05, 4.69) is 5.32 Å². The fourth-order valence-corrected chi connectivity index (χ4v) is 6.95. The minimum atomic E-state index is -4.27. The first kappa shape index (κ1) is 32.2. The van der Waals surface area contributed by atoms with Crippen molar-refractivity contribution in [2.75, 3.05) is 25.1 Å². The van der Waals surface area contributed by atoms with E-state index in [1.54, 1.807) is 54.6 Å². The molecule has 3 aromatic rings. The zero-order valence-corrected chi connectivity index (χ0v) is 26.2. The summed E-state index contributed by atoms with van der Waals surface area (Å²) in [5.41, 5.74) is 0.765. The van der Waals surface area contributed by atoms with Crippen molar-refractivity contribution in [3.8, 4) is 11.5 Å². The molecule has 1 saturated carbocycles. The van der Waals surface area contributed by atoms with Gasteiger partial charge in [0.15, 0.2) is 0 Å². The van der Waals surface area contributed by atoms with Crippen LogP contribution in [0.1, 0.15) is 44.6 Å². The zero-order valence-electron chi connectivity index (χ0n) is 24.7. The number of amides is 2. The van der Waals surface area contributed by atoms with E-state index in [-0.39, 0.29) is 34.8 Å². The molecule has 0 bridgehead atoms. The molecule has 0 spiro atoms. The Morgan fingerprint density at radius 3 is 2.28 bits per heavy atom. The van der Waals surface area contributed by atoms with E-state index >= 15 is 0 Å². The normalized spacial score (nSPS) is 14.1. The Bertz CT molecular complexity index is 1510. The van der Waals surface area contributed by atoms with E-state index in [4.69, 9.17) is 21.1 Å². The Balaban J connectivity index is 1.78. The number of nitrogens with zero attached hydrogens (tertiary/aromatic N) is 2. The molecule has 3 aromatic carbocycles. The van der Waals surface area contributed by atoms with Crippen LogP contribution in [0.25, 0.3) is 0 Å². The Morgan fingerprint density at radius 2 is 1.65 bits per heavy atom. The molecule has 230 valence electrons. The molecule has 1 fully saturated rings. The van der Waals surface area contributed by atoms with Crippen molar-refractivity contribution in [3.05, 3.63) is 83.4 Å². The first-order valence-corrected chi connectivity index (χ1v) is 16.1. The van der Waals surface area contributed by atoms with Gasteiger partial charge < -0.3 is 19.7 Å². The molecule has 4 rings (SSSR count). The molecule has 0 saturated heterocycles. The summed E-state index contributed by atoms with van der Waals surface area (Å²) in [4.78, 5) is 29.4. The van der Waals surface area contributed by atoms with Crippen molar-refractivity contribution in [2.24, 2.45) is 0 Å². The van der Waals surface area contributed by atoms with Crippen LogP contribution >= 0.6 is 11.6 Å². The van der Waals surface area contributed by atoms with Gasteiger partial charge in [0.05, 0.1) is 24.8 Å². The standard InChI is InChI=1S/C32H38ClN3O6S/c1-4-28(32(38)34-24-13-9-10-14-24)35(21-23-12-8-11-17-27(23)33)31(37)22-36(43(39,40)26-15-6-5-7-16-26)29-20-25(41-2)18-19-30(29)42-3/h5-8,11-12,15-20,24,28H,4,9-10,13-14,21-22H2,1-3H3,(H,34,38). The van der Waals surface area contributed by atoms with E-state index < -0.39 is 28.5 Å². The topological polar surface area (TPSA) is 105 Å². The molecule has 1 aliphatic carbocycles. The van der Waals surface area contributed by atoms with Gasteiger partial charge in [-0.3, -0.25) is 13.9 Å². The predicted octanol–water partition coefficient (Wildman–Crippen LogP) is 5.42. The number of hydrogen-bond donors (Lipinski definition) is 1. The Hall–Kier alpha value is -3.76. The van der Waals surface area contributed by atoms with Gasteiger partial charge >= 0.3 is 0 Å². The number of rotatable bonds is 13. The molecule has 0 aliphatic heterocycles. The number of methoxy groups -OCH3 is 2. The zero-order chi connectivity index (χ0) is 31.0. The minimum Gasteiger partial charge on any atom is -0.497 e. The number of halogens is 1. The van der Waals surface area contributed by atoms with Crippen molar-refractivity contribution < 1.29 is 27.5 Å². The molecule has 1 unspecified atom stereocenters. The molecule has 0 heterocycles. The van der Waals surface area contributed by atoms with Crippen molar-refractivity contribution in [2.45, 2.75) is 62.6 Å². The number of hydrogen-bond acceptors (Lipinski definition) is 6. The summed E-state index contributed by atoms with van der Waals surface area (Å²) in [7, 11) is -1.38. The summed E-state index contributed by atoms with van der Waals surface area (Å²) in [6.45, 7) is 1.25. The molecule has 1 atom stereocenters. The molecule has 1 aliphatic rings. The monoisotopic (exact) mass is 627 g/mol. The minimum absolute atomic E-state index is 0.00338. The fourth-order valence-electron chi connectivity index (χ4n) is 5.32. The molecular formula is C32H38ClN3O6S. The van der Waals surface area contributed by atoms with E-state index in [9.17, 15) is 18.0 Å². The number of sulfonamides is 1. The number of carbonyl (C=O) groups is 2. The smallest absolute Gasteiger partial charge is 0.264 e. The van der Waals surface area contributed by atoms with Crippen LogP contribution in [-0.4, -0.2) is 58.0 Å². The van der Waals surface area contributed by atoms with Crippen molar-refractivity contribution in [3.63, 3.8) is 0 Å². The maximum atomic E-state index is 14.3. The van der Waals surface area contributed by atoms with Gasteiger partial charge in [-0.1, -0.05) is 67.8 Å². The lowest BCUT2D eigenvalue weighted by Crippen LogP contribution is -2.53. The van der Waals surface area contributed by atoms with E-state index in [0.717, 1.165) is 30.0 Å². The molecular weight excluding hydrogens is 590 g/mol. The van der Waals surface area contributed by atoms with E-state index in [0.29, 0.717) is 22.8 Å². The molecule has 2 amide bonds. The Labute approximate surface area is 258 Å². The molecule has 43 heavy (non-hydrogen) atoms. The highest BCUT2D eigenvalue weighted by Gasteiger charge is 2.36. The Kier molecular flexibility index (Phi) is 10.9. The highest BCUT2D eigenvalue weighted by Crippen LogP contribution is 2.36. The second-order valence-electron chi connectivity index (χ2n) is 10.4. The predicted molar refractivity (Wildman–Crippen MR) is 167 cm³/mol. The van der Waals surface area contributed by atoms with Crippen molar-refractivity contribution >= 4 is 39.1 Å². The summed E-state index contributed by atoms with van der Waals surface area (Å²) >= 11 is 6.49. The van der Waals surface area contributed by atoms with Crippen LogP contribution in [0, 0.1) is 0 Å². The van der Waals surface area contributed by atoms with E-state index in [1.807, 2.05) is 6.92 Å².